The molecule has 23 heavy (non-hydrogen) atoms. The Kier molecular flexibility index (Phi) is 9.27. The van der Waals surface area contributed by atoms with Gasteiger partial charge in [0, 0.05) is 6.54 Å². The standard InChI is InChI=1S/C20H35NO2/c1-16(2)13-18-7-8-20(19(15-18)14-17(3)4)23-12-11-22-10-9-21(5)6/h7-8,15-17H,9-14H2,1-6H3. The number of hydrogen-bond donors (Lipinski definition) is 0. The van der Waals surface area contributed by atoms with Crippen molar-refractivity contribution in [3.8, 4) is 5.75 Å². The predicted octanol–water partition coefficient (Wildman–Crippen LogP) is 4.04. The van der Waals surface area contributed by atoms with Gasteiger partial charge in [0.1, 0.15) is 12.4 Å². The molecule has 0 saturated heterocycles. The minimum Gasteiger partial charge on any atom is -0.491 e. The van der Waals surface area contributed by atoms with Gasteiger partial charge in [-0.3, -0.25) is 0 Å². The van der Waals surface area contributed by atoms with E-state index in [0.717, 1.165) is 31.7 Å². The Labute approximate surface area is 143 Å². The lowest BCUT2D eigenvalue weighted by atomic mass is 9.96. The van der Waals surface area contributed by atoms with Gasteiger partial charge in [0.05, 0.1) is 13.2 Å². The molecule has 0 aliphatic heterocycles. The summed E-state index contributed by atoms with van der Waals surface area (Å²) >= 11 is 0. The minimum atomic E-state index is 0.613. The Bertz CT molecular complexity index is 441. The molecule has 0 aliphatic rings. The maximum Gasteiger partial charge on any atom is 0.122 e. The first-order valence-corrected chi connectivity index (χ1v) is 8.85. The highest BCUT2D eigenvalue weighted by atomic mass is 16.5. The molecule has 1 aromatic carbocycles. The lowest BCUT2D eigenvalue weighted by Gasteiger charge is -2.16. The monoisotopic (exact) mass is 321 g/mol. The van der Waals surface area contributed by atoms with E-state index in [1.165, 1.54) is 11.1 Å². The number of likely N-dealkylation sites (N-methyl/N-ethyl adjacent to an activating group) is 1. The molecule has 0 saturated carbocycles. The van der Waals surface area contributed by atoms with Gasteiger partial charge in [0.25, 0.3) is 0 Å². The summed E-state index contributed by atoms with van der Waals surface area (Å²) in [6, 6.07) is 6.66. The molecule has 0 bridgehead atoms. The van der Waals surface area contributed by atoms with Crippen LogP contribution >= 0.6 is 0 Å². The molecule has 0 amide bonds. The smallest absolute Gasteiger partial charge is 0.122 e. The summed E-state index contributed by atoms with van der Waals surface area (Å²) in [4.78, 5) is 2.12. The molecule has 132 valence electrons. The van der Waals surface area contributed by atoms with Crippen molar-refractivity contribution in [3.63, 3.8) is 0 Å². The minimum absolute atomic E-state index is 0.613. The summed E-state index contributed by atoms with van der Waals surface area (Å²) < 4.78 is 11.6. The Morgan fingerprint density at radius 2 is 1.61 bits per heavy atom. The van der Waals surface area contributed by atoms with Crippen LogP contribution in [-0.4, -0.2) is 45.4 Å². The molecular weight excluding hydrogens is 286 g/mol. The Balaban J connectivity index is 2.55. The van der Waals surface area contributed by atoms with Crippen LogP contribution in [0, 0.1) is 11.8 Å². The van der Waals surface area contributed by atoms with Crippen LogP contribution in [0.1, 0.15) is 38.8 Å². The van der Waals surface area contributed by atoms with Gasteiger partial charge < -0.3 is 14.4 Å². The number of ether oxygens (including phenoxy) is 2. The summed E-state index contributed by atoms with van der Waals surface area (Å²) in [5.41, 5.74) is 2.73. The van der Waals surface area contributed by atoms with Crippen molar-refractivity contribution in [2.24, 2.45) is 11.8 Å². The third-order valence-corrected chi connectivity index (χ3v) is 3.57. The van der Waals surface area contributed by atoms with E-state index in [1.54, 1.807) is 0 Å². The first-order valence-electron chi connectivity index (χ1n) is 8.85. The first-order chi connectivity index (χ1) is 10.9. The quantitative estimate of drug-likeness (QED) is 0.574. The Morgan fingerprint density at radius 3 is 2.22 bits per heavy atom. The van der Waals surface area contributed by atoms with E-state index in [0.29, 0.717) is 25.0 Å². The zero-order valence-corrected chi connectivity index (χ0v) is 15.9. The van der Waals surface area contributed by atoms with E-state index in [9.17, 15) is 0 Å². The SMILES string of the molecule is CC(C)Cc1ccc(OCCOCCN(C)C)c(CC(C)C)c1. The molecule has 0 atom stereocenters. The van der Waals surface area contributed by atoms with E-state index in [-0.39, 0.29) is 0 Å². The summed E-state index contributed by atoms with van der Waals surface area (Å²) in [6.45, 7) is 12.0. The molecule has 0 heterocycles. The largest absolute Gasteiger partial charge is 0.491 e. The van der Waals surface area contributed by atoms with Gasteiger partial charge in [0.2, 0.25) is 0 Å². The maximum atomic E-state index is 5.97. The van der Waals surface area contributed by atoms with Crippen LogP contribution in [0.15, 0.2) is 18.2 Å². The molecule has 1 aromatic rings. The molecule has 0 aromatic heterocycles. The molecule has 0 unspecified atom stereocenters. The molecule has 0 aliphatic carbocycles. The van der Waals surface area contributed by atoms with Crippen molar-refractivity contribution in [1.29, 1.82) is 0 Å². The number of benzene rings is 1. The van der Waals surface area contributed by atoms with Crippen molar-refractivity contribution < 1.29 is 9.47 Å². The second kappa shape index (κ2) is 10.7. The fourth-order valence-corrected chi connectivity index (χ4v) is 2.53. The Hall–Kier alpha value is -1.06. The van der Waals surface area contributed by atoms with Gasteiger partial charge in [-0.15, -0.1) is 0 Å². The summed E-state index contributed by atoms with van der Waals surface area (Å²) in [5.74, 6) is 2.32. The lowest BCUT2D eigenvalue weighted by Crippen LogP contribution is -2.19. The molecule has 0 N–H and O–H groups in total. The number of nitrogens with zero attached hydrogens (tertiary/aromatic N) is 1. The van der Waals surface area contributed by atoms with Crippen LogP contribution in [0.4, 0.5) is 0 Å². The topological polar surface area (TPSA) is 21.7 Å². The fourth-order valence-electron chi connectivity index (χ4n) is 2.53. The molecule has 1 rings (SSSR count). The van der Waals surface area contributed by atoms with Crippen LogP contribution in [0.3, 0.4) is 0 Å². The zero-order chi connectivity index (χ0) is 17.2. The molecule has 0 radical (unpaired) electrons. The van der Waals surface area contributed by atoms with E-state index in [1.807, 2.05) is 0 Å². The summed E-state index contributed by atoms with van der Waals surface area (Å²) in [7, 11) is 4.10. The second-order valence-electron chi connectivity index (χ2n) is 7.40. The number of hydrogen-bond acceptors (Lipinski definition) is 3. The molecule has 3 nitrogen and oxygen atoms in total. The van der Waals surface area contributed by atoms with Crippen molar-refractivity contribution >= 4 is 0 Å². The average Bonchev–Trinajstić information content (AvgIpc) is 2.43. The Morgan fingerprint density at radius 1 is 0.913 bits per heavy atom. The van der Waals surface area contributed by atoms with Gasteiger partial charge in [0.15, 0.2) is 0 Å². The van der Waals surface area contributed by atoms with Crippen LogP contribution in [0.25, 0.3) is 0 Å². The predicted molar refractivity (Wildman–Crippen MR) is 98.4 cm³/mol. The fraction of sp³-hybridized carbons (Fsp3) is 0.700. The van der Waals surface area contributed by atoms with Gasteiger partial charge in [-0.05, 0) is 56.0 Å². The van der Waals surface area contributed by atoms with Crippen LogP contribution in [0.5, 0.6) is 5.75 Å². The molecule has 0 spiro atoms. The van der Waals surface area contributed by atoms with Crippen LogP contribution in [-0.2, 0) is 17.6 Å². The van der Waals surface area contributed by atoms with E-state index in [4.69, 9.17) is 9.47 Å². The van der Waals surface area contributed by atoms with Gasteiger partial charge in [-0.1, -0.05) is 39.8 Å². The third-order valence-electron chi connectivity index (χ3n) is 3.57. The average molecular weight is 322 g/mol. The second-order valence-corrected chi connectivity index (χ2v) is 7.40. The van der Waals surface area contributed by atoms with Crippen LogP contribution in [0.2, 0.25) is 0 Å². The van der Waals surface area contributed by atoms with Crippen molar-refractivity contribution in [2.75, 3.05) is 40.5 Å². The van der Waals surface area contributed by atoms with E-state index >= 15 is 0 Å². The molecular formula is C20H35NO2. The zero-order valence-electron chi connectivity index (χ0n) is 15.9. The number of rotatable bonds is 11. The third kappa shape index (κ3) is 8.97. The maximum absolute atomic E-state index is 5.97. The van der Waals surface area contributed by atoms with Crippen molar-refractivity contribution in [3.05, 3.63) is 29.3 Å². The van der Waals surface area contributed by atoms with Crippen molar-refractivity contribution in [1.82, 2.24) is 4.90 Å². The highest BCUT2D eigenvalue weighted by Gasteiger charge is 2.09. The highest BCUT2D eigenvalue weighted by molar-refractivity contribution is 5.38. The van der Waals surface area contributed by atoms with Crippen molar-refractivity contribution in [2.45, 2.75) is 40.5 Å². The first kappa shape index (κ1) is 20.0. The lowest BCUT2D eigenvalue weighted by molar-refractivity contribution is 0.0886. The molecule has 3 heteroatoms. The van der Waals surface area contributed by atoms with Gasteiger partial charge in [-0.25, -0.2) is 0 Å². The summed E-state index contributed by atoms with van der Waals surface area (Å²) in [6.07, 6.45) is 2.18. The van der Waals surface area contributed by atoms with Crippen LogP contribution < -0.4 is 4.74 Å². The van der Waals surface area contributed by atoms with E-state index < -0.39 is 0 Å². The van der Waals surface area contributed by atoms with Gasteiger partial charge in [-0.2, -0.15) is 0 Å². The highest BCUT2D eigenvalue weighted by Crippen LogP contribution is 2.24. The molecule has 0 fully saturated rings. The summed E-state index contributed by atoms with van der Waals surface area (Å²) in [5, 5.41) is 0. The van der Waals surface area contributed by atoms with E-state index in [2.05, 4.69) is 64.9 Å². The van der Waals surface area contributed by atoms with Gasteiger partial charge >= 0.3 is 0 Å². The normalized spacial score (nSPS) is 11.7.